The average Bonchev–Trinajstić information content (AvgIpc) is 2.48. The van der Waals surface area contributed by atoms with Gasteiger partial charge >= 0.3 is 0 Å². The van der Waals surface area contributed by atoms with Gasteiger partial charge in [0, 0.05) is 12.6 Å². The van der Waals surface area contributed by atoms with Gasteiger partial charge in [-0.15, -0.1) is 0 Å². The molecule has 0 radical (unpaired) electrons. The topological polar surface area (TPSA) is 72.2 Å². The summed E-state index contributed by atoms with van der Waals surface area (Å²) >= 11 is 0. The zero-order chi connectivity index (χ0) is 7.61. The summed E-state index contributed by atoms with van der Waals surface area (Å²) in [7, 11) is -3.04. The van der Waals surface area contributed by atoms with Gasteiger partial charge in [0.05, 0.1) is 5.75 Å². The van der Waals surface area contributed by atoms with Crippen LogP contribution in [0, 0.1) is 0 Å². The maximum absolute atomic E-state index is 10.9. The van der Waals surface area contributed by atoms with Crippen LogP contribution in [0.3, 0.4) is 0 Å². The molecule has 1 rings (SSSR count). The zero-order valence-electron chi connectivity index (χ0n) is 5.71. The number of sulfonamides is 1. The molecule has 0 aromatic heterocycles. The summed E-state index contributed by atoms with van der Waals surface area (Å²) in [6.45, 7) is 0.196. The summed E-state index contributed by atoms with van der Waals surface area (Å²) in [6.07, 6.45) is 1.95. The number of rotatable bonds is 4. The highest BCUT2D eigenvalue weighted by atomic mass is 32.2. The van der Waals surface area contributed by atoms with E-state index in [1.807, 2.05) is 0 Å². The molecule has 3 N–H and O–H groups in total. The Bertz CT molecular complexity index is 196. The van der Waals surface area contributed by atoms with Gasteiger partial charge < -0.3 is 5.73 Å². The van der Waals surface area contributed by atoms with Crippen molar-refractivity contribution < 1.29 is 8.42 Å². The Morgan fingerprint density at radius 3 is 2.50 bits per heavy atom. The van der Waals surface area contributed by atoms with Crippen molar-refractivity contribution in [3.63, 3.8) is 0 Å². The molecule has 0 aromatic rings. The lowest BCUT2D eigenvalue weighted by molar-refractivity contribution is 0.581. The SMILES string of the molecule is NCCS(=O)(=O)NC1CC1. The Morgan fingerprint density at radius 1 is 1.50 bits per heavy atom. The lowest BCUT2D eigenvalue weighted by Crippen LogP contribution is -2.31. The standard InChI is InChI=1S/C5H12N2O2S/c6-3-4-10(8,9)7-5-1-2-5/h5,7H,1-4,6H2. The Kier molecular flexibility index (Phi) is 2.28. The molecule has 10 heavy (non-hydrogen) atoms. The van der Waals surface area contributed by atoms with Crippen molar-refractivity contribution in [1.82, 2.24) is 4.72 Å². The van der Waals surface area contributed by atoms with Crippen LogP contribution in [-0.2, 0) is 10.0 Å². The molecule has 0 spiro atoms. The predicted molar refractivity (Wildman–Crippen MR) is 39.0 cm³/mol. The third-order valence-electron chi connectivity index (χ3n) is 1.31. The second-order valence-electron chi connectivity index (χ2n) is 2.50. The lowest BCUT2D eigenvalue weighted by Gasteiger charge is -2.01. The van der Waals surface area contributed by atoms with Crippen molar-refractivity contribution in [2.24, 2.45) is 5.73 Å². The van der Waals surface area contributed by atoms with Gasteiger partial charge in [0.15, 0.2) is 0 Å². The largest absolute Gasteiger partial charge is 0.329 e. The van der Waals surface area contributed by atoms with Crippen LogP contribution in [0.1, 0.15) is 12.8 Å². The molecule has 0 saturated heterocycles. The molecule has 0 unspecified atom stereocenters. The van der Waals surface area contributed by atoms with Gasteiger partial charge in [0.25, 0.3) is 0 Å². The fraction of sp³-hybridized carbons (Fsp3) is 1.00. The van der Waals surface area contributed by atoms with E-state index in [9.17, 15) is 8.42 Å². The summed E-state index contributed by atoms with van der Waals surface area (Å²) < 4.78 is 24.3. The molecule has 60 valence electrons. The minimum absolute atomic E-state index is 0.0451. The van der Waals surface area contributed by atoms with E-state index in [4.69, 9.17) is 5.73 Å². The summed E-state index contributed by atoms with van der Waals surface area (Å²) in [5.41, 5.74) is 5.09. The third kappa shape index (κ3) is 2.64. The quantitative estimate of drug-likeness (QED) is 0.561. The first-order chi connectivity index (χ1) is 4.64. The first-order valence-corrected chi connectivity index (χ1v) is 4.99. The lowest BCUT2D eigenvalue weighted by atomic mass is 10.8. The number of hydrogen-bond acceptors (Lipinski definition) is 3. The van der Waals surface area contributed by atoms with Gasteiger partial charge in [0.2, 0.25) is 10.0 Å². The van der Waals surface area contributed by atoms with Gasteiger partial charge in [-0.3, -0.25) is 0 Å². The van der Waals surface area contributed by atoms with Gasteiger partial charge in [-0.2, -0.15) is 0 Å². The molecular formula is C5H12N2O2S. The van der Waals surface area contributed by atoms with Crippen LogP contribution in [0.15, 0.2) is 0 Å². The van der Waals surface area contributed by atoms with Crippen LogP contribution in [0.4, 0.5) is 0 Å². The van der Waals surface area contributed by atoms with Crippen molar-refractivity contribution >= 4 is 10.0 Å². The summed E-state index contributed by atoms with van der Waals surface area (Å²) in [5, 5.41) is 0. The van der Waals surface area contributed by atoms with Crippen LogP contribution < -0.4 is 10.5 Å². The molecule has 1 saturated carbocycles. The minimum atomic E-state index is -3.04. The van der Waals surface area contributed by atoms with Gasteiger partial charge in [-0.1, -0.05) is 0 Å². The molecule has 0 aromatic carbocycles. The Labute approximate surface area is 60.8 Å². The van der Waals surface area contributed by atoms with Crippen molar-refractivity contribution in [2.45, 2.75) is 18.9 Å². The van der Waals surface area contributed by atoms with Crippen LogP contribution in [0.2, 0.25) is 0 Å². The Morgan fingerprint density at radius 2 is 2.10 bits per heavy atom. The highest BCUT2D eigenvalue weighted by Crippen LogP contribution is 2.19. The molecule has 0 amide bonds. The molecule has 0 aliphatic heterocycles. The number of hydrogen-bond donors (Lipinski definition) is 2. The molecule has 1 aliphatic rings. The van der Waals surface area contributed by atoms with Crippen molar-refractivity contribution in [3.05, 3.63) is 0 Å². The van der Waals surface area contributed by atoms with E-state index in [-0.39, 0.29) is 18.3 Å². The smallest absolute Gasteiger partial charge is 0.213 e. The molecule has 0 atom stereocenters. The summed E-state index contributed by atoms with van der Waals surface area (Å²) in [4.78, 5) is 0. The van der Waals surface area contributed by atoms with Crippen LogP contribution in [0.25, 0.3) is 0 Å². The van der Waals surface area contributed by atoms with Crippen molar-refractivity contribution in [2.75, 3.05) is 12.3 Å². The number of nitrogens with two attached hydrogens (primary N) is 1. The van der Waals surface area contributed by atoms with Crippen LogP contribution in [-0.4, -0.2) is 26.8 Å². The van der Waals surface area contributed by atoms with E-state index >= 15 is 0 Å². The van der Waals surface area contributed by atoms with E-state index in [0.717, 1.165) is 12.8 Å². The van der Waals surface area contributed by atoms with Crippen LogP contribution in [0.5, 0.6) is 0 Å². The van der Waals surface area contributed by atoms with Crippen molar-refractivity contribution in [1.29, 1.82) is 0 Å². The van der Waals surface area contributed by atoms with E-state index in [0.29, 0.717) is 0 Å². The average molecular weight is 164 g/mol. The Hall–Kier alpha value is -0.130. The first kappa shape index (κ1) is 7.97. The minimum Gasteiger partial charge on any atom is -0.329 e. The van der Waals surface area contributed by atoms with Gasteiger partial charge in [0.1, 0.15) is 0 Å². The summed E-state index contributed by atoms with van der Waals surface area (Å²) in [6, 6.07) is 0.205. The second-order valence-corrected chi connectivity index (χ2v) is 4.37. The maximum atomic E-state index is 10.9. The molecule has 0 bridgehead atoms. The summed E-state index contributed by atoms with van der Waals surface area (Å²) in [5.74, 6) is 0.0451. The van der Waals surface area contributed by atoms with E-state index in [1.54, 1.807) is 0 Å². The molecule has 1 aliphatic carbocycles. The van der Waals surface area contributed by atoms with Crippen molar-refractivity contribution in [3.8, 4) is 0 Å². The van der Waals surface area contributed by atoms with E-state index < -0.39 is 10.0 Å². The highest BCUT2D eigenvalue weighted by molar-refractivity contribution is 7.89. The molecule has 5 heteroatoms. The van der Waals surface area contributed by atoms with E-state index in [1.165, 1.54) is 0 Å². The Balaban J connectivity index is 2.34. The molecule has 1 fully saturated rings. The second kappa shape index (κ2) is 2.86. The predicted octanol–water partition coefficient (Wildman–Crippen LogP) is -0.973. The monoisotopic (exact) mass is 164 g/mol. The molecule has 0 heterocycles. The zero-order valence-corrected chi connectivity index (χ0v) is 6.52. The normalized spacial score (nSPS) is 19.3. The van der Waals surface area contributed by atoms with Crippen LogP contribution >= 0.6 is 0 Å². The molecular weight excluding hydrogens is 152 g/mol. The van der Waals surface area contributed by atoms with Gasteiger partial charge in [-0.25, -0.2) is 13.1 Å². The highest BCUT2D eigenvalue weighted by Gasteiger charge is 2.25. The fourth-order valence-corrected chi connectivity index (χ4v) is 1.84. The van der Waals surface area contributed by atoms with E-state index in [2.05, 4.69) is 4.72 Å². The molecule has 4 nitrogen and oxygen atoms in total. The fourth-order valence-electron chi connectivity index (χ4n) is 0.669. The number of nitrogens with one attached hydrogen (secondary N) is 1. The first-order valence-electron chi connectivity index (χ1n) is 3.34. The maximum Gasteiger partial charge on any atom is 0.213 e. The van der Waals surface area contributed by atoms with Gasteiger partial charge in [-0.05, 0) is 12.8 Å². The third-order valence-corrected chi connectivity index (χ3v) is 2.78.